The van der Waals surface area contributed by atoms with Crippen molar-refractivity contribution in [3.8, 4) is 0 Å². The summed E-state index contributed by atoms with van der Waals surface area (Å²) in [5, 5.41) is 8.41. The van der Waals surface area contributed by atoms with Crippen molar-refractivity contribution >= 4 is 16.7 Å². The van der Waals surface area contributed by atoms with Crippen LogP contribution in [0.5, 0.6) is 0 Å². The molecule has 0 amide bonds. The van der Waals surface area contributed by atoms with Gasteiger partial charge in [0, 0.05) is 25.0 Å². The van der Waals surface area contributed by atoms with Crippen LogP contribution in [-0.4, -0.2) is 44.4 Å². The van der Waals surface area contributed by atoms with Gasteiger partial charge in [0.2, 0.25) is 0 Å². The molecule has 1 aliphatic heterocycles. The second-order valence-electron chi connectivity index (χ2n) is 5.59. The number of ether oxygens (including phenoxy) is 1. The van der Waals surface area contributed by atoms with E-state index in [1.54, 1.807) is 10.9 Å². The molecule has 0 saturated carbocycles. The van der Waals surface area contributed by atoms with Gasteiger partial charge >= 0.3 is 0 Å². The van der Waals surface area contributed by atoms with Crippen molar-refractivity contribution in [3.05, 3.63) is 42.2 Å². The number of hydrogen-bond acceptors (Lipinski definition) is 6. The van der Waals surface area contributed by atoms with Gasteiger partial charge in [-0.1, -0.05) is 0 Å². The molecule has 1 aromatic carbocycles. The van der Waals surface area contributed by atoms with Crippen molar-refractivity contribution in [3.63, 3.8) is 0 Å². The van der Waals surface area contributed by atoms with Crippen LogP contribution in [0.2, 0.25) is 0 Å². The summed E-state index contributed by atoms with van der Waals surface area (Å²) in [5.74, 6) is -0.590. The van der Waals surface area contributed by atoms with Crippen molar-refractivity contribution < 1.29 is 13.5 Å². The summed E-state index contributed by atoms with van der Waals surface area (Å²) in [4.78, 5) is 10.2. The number of nitrogens with zero attached hydrogens (tertiary/aromatic N) is 6. The first-order valence-corrected chi connectivity index (χ1v) is 7.43. The lowest BCUT2D eigenvalue weighted by Gasteiger charge is -2.33. The van der Waals surface area contributed by atoms with Crippen LogP contribution in [0.3, 0.4) is 0 Å². The molecule has 7 nitrogen and oxygen atoms in total. The van der Waals surface area contributed by atoms with E-state index in [0.717, 1.165) is 12.1 Å². The summed E-state index contributed by atoms with van der Waals surface area (Å²) in [6.45, 7) is 1.53. The van der Waals surface area contributed by atoms with Crippen LogP contribution in [-0.2, 0) is 11.8 Å². The maximum Gasteiger partial charge on any atom is 0.163 e. The molecule has 24 heavy (non-hydrogen) atoms. The van der Waals surface area contributed by atoms with E-state index in [-0.39, 0.29) is 6.10 Å². The smallest absolute Gasteiger partial charge is 0.163 e. The van der Waals surface area contributed by atoms with Crippen LogP contribution >= 0.6 is 0 Å². The number of aromatic nitrogens is 5. The molecular weight excluding hydrogens is 318 g/mol. The van der Waals surface area contributed by atoms with Crippen LogP contribution < -0.4 is 4.90 Å². The molecule has 0 aliphatic carbocycles. The largest absolute Gasteiger partial charge is 0.366 e. The molecule has 0 spiro atoms. The Labute approximate surface area is 135 Å². The van der Waals surface area contributed by atoms with Gasteiger partial charge in [0.05, 0.1) is 18.7 Å². The fourth-order valence-corrected chi connectivity index (χ4v) is 2.87. The Hall–Kier alpha value is -2.68. The number of aryl methyl sites for hydroxylation is 1. The molecule has 4 rings (SSSR count). The Morgan fingerprint density at radius 3 is 2.83 bits per heavy atom. The van der Waals surface area contributed by atoms with Gasteiger partial charge in [0.1, 0.15) is 24.6 Å². The van der Waals surface area contributed by atoms with Gasteiger partial charge in [-0.25, -0.2) is 18.7 Å². The Bertz CT molecular complexity index is 899. The average molecular weight is 332 g/mol. The van der Waals surface area contributed by atoms with E-state index in [1.807, 2.05) is 11.9 Å². The van der Waals surface area contributed by atoms with Gasteiger partial charge in [-0.2, -0.15) is 0 Å². The minimum Gasteiger partial charge on any atom is -0.366 e. The van der Waals surface area contributed by atoms with Crippen LogP contribution in [0.1, 0.15) is 11.9 Å². The second-order valence-corrected chi connectivity index (χ2v) is 5.59. The van der Waals surface area contributed by atoms with Gasteiger partial charge in [0.25, 0.3) is 0 Å². The zero-order chi connectivity index (χ0) is 16.7. The number of benzene rings is 1. The van der Waals surface area contributed by atoms with Gasteiger partial charge < -0.3 is 14.2 Å². The number of hydrogen-bond donors (Lipinski definition) is 0. The average Bonchev–Trinajstić information content (AvgIpc) is 3.02. The van der Waals surface area contributed by atoms with Crippen molar-refractivity contribution in [1.29, 1.82) is 0 Å². The standard InChI is InChI=1S/C15H14F2N6O/c1-22-8-20-21-15(22)13-6-23(2-3-24-13)14-9-4-10(16)11(17)5-12(9)18-7-19-14/h4-5,7-8,13H,2-3,6H2,1H3. The molecule has 1 saturated heterocycles. The highest BCUT2D eigenvalue weighted by Crippen LogP contribution is 2.29. The van der Waals surface area contributed by atoms with E-state index in [9.17, 15) is 8.78 Å². The van der Waals surface area contributed by atoms with Crippen LogP contribution in [0, 0.1) is 11.6 Å². The van der Waals surface area contributed by atoms with Gasteiger partial charge in [0.15, 0.2) is 17.5 Å². The summed E-state index contributed by atoms with van der Waals surface area (Å²) in [7, 11) is 1.84. The molecule has 0 radical (unpaired) electrons. The van der Waals surface area contributed by atoms with Crippen molar-refractivity contribution in [2.75, 3.05) is 24.6 Å². The fraction of sp³-hybridized carbons (Fsp3) is 0.333. The molecule has 9 heteroatoms. The quantitative estimate of drug-likeness (QED) is 0.710. The summed E-state index contributed by atoms with van der Waals surface area (Å²) < 4.78 is 34.6. The first-order valence-electron chi connectivity index (χ1n) is 7.43. The normalized spacial score (nSPS) is 18.3. The molecule has 3 aromatic rings. The third-order valence-electron chi connectivity index (χ3n) is 4.06. The molecule has 1 atom stereocenters. The number of rotatable bonds is 2. The van der Waals surface area contributed by atoms with E-state index >= 15 is 0 Å². The first-order chi connectivity index (χ1) is 11.6. The zero-order valence-corrected chi connectivity index (χ0v) is 12.9. The zero-order valence-electron chi connectivity index (χ0n) is 12.9. The molecule has 1 fully saturated rings. The lowest BCUT2D eigenvalue weighted by molar-refractivity contribution is 0.0319. The first kappa shape index (κ1) is 14.9. The number of halogens is 2. The maximum atomic E-state index is 13.7. The third kappa shape index (κ3) is 2.46. The van der Waals surface area contributed by atoms with Gasteiger partial charge in [-0.3, -0.25) is 0 Å². The minimum atomic E-state index is -0.925. The second kappa shape index (κ2) is 5.75. The number of fused-ring (bicyclic) bond motifs is 1. The molecular formula is C15H14F2N6O. The molecule has 2 aromatic heterocycles. The monoisotopic (exact) mass is 332 g/mol. The Balaban J connectivity index is 1.72. The Morgan fingerprint density at radius 1 is 1.21 bits per heavy atom. The third-order valence-corrected chi connectivity index (χ3v) is 4.06. The van der Waals surface area contributed by atoms with Crippen LogP contribution in [0.15, 0.2) is 24.8 Å². The lowest BCUT2D eigenvalue weighted by Crippen LogP contribution is -2.39. The minimum absolute atomic E-state index is 0.276. The molecule has 1 aliphatic rings. The van der Waals surface area contributed by atoms with E-state index in [4.69, 9.17) is 4.74 Å². The topological polar surface area (TPSA) is 69.0 Å². The molecule has 0 N–H and O–H groups in total. The highest BCUT2D eigenvalue weighted by molar-refractivity contribution is 5.89. The SMILES string of the molecule is Cn1cnnc1C1CN(c2ncnc3cc(F)c(F)cc23)CCO1. The van der Waals surface area contributed by atoms with E-state index in [1.165, 1.54) is 6.33 Å². The molecule has 1 unspecified atom stereocenters. The fourth-order valence-electron chi connectivity index (χ4n) is 2.87. The van der Waals surface area contributed by atoms with Crippen molar-refractivity contribution in [2.24, 2.45) is 7.05 Å². The number of morpholine rings is 1. The Kier molecular flexibility index (Phi) is 3.57. The predicted octanol–water partition coefficient (Wildman–Crippen LogP) is 1.61. The van der Waals surface area contributed by atoms with E-state index in [0.29, 0.717) is 42.2 Å². The predicted molar refractivity (Wildman–Crippen MR) is 81.4 cm³/mol. The summed E-state index contributed by atoms with van der Waals surface area (Å²) in [6.07, 6.45) is 2.68. The van der Waals surface area contributed by atoms with Crippen molar-refractivity contribution in [2.45, 2.75) is 6.10 Å². The van der Waals surface area contributed by atoms with Gasteiger partial charge in [-0.05, 0) is 6.07 Å². The van der Waals surface area contributed by atoms with Crippen LogP contribution in [0.4, 0.5) is 14.6 Å². The summed E-state index contributed by atoms with van der Waals surface area (Å²) >= 11 is 0. The summed E-state index contributed by atoms with van der Waals surface area (Å²) in [5.41, 5.74) is 0.362. The molecule has 0 bridgehead atoms. The molecule has 124 valence electrons. The van der Waals surface area contributed by atoms with E-state index in [2.05, 4.69) is 20.2 Å². The lowest BCUT2D eigenvalue weighted by atomic mass is 10.2. The highest BCUT2D eigenvalue weighted by Gasteiger charge is 2.27. The Morgan fingerprint density at radius 2 is 2.04 bits per heavy atom. The maximum absolute atomic E-state index is 13.7. The van der Waals surface area contributed by atoms with Gasteiger partial charge in [-0.15, -0.1) is 10.2 Å². The van der Waals surface area contributed by atoms with Crippen molar-refractivity contribution in [1.82, 2.24) is 24.7 Å². The number of anilines is 1. The molecule has 3 heterocycles. The summed E-state index contributed by atoms with van der Waals surface area (Å²) in [6, 6.07) is 2.21. The van der Waals surface area contributed by atoms with Crippen LogP contribution in [0.25, 0.3) is 10.9 Å². The highest BCUT2D eigenvalue weighted by atomic mass is 19.2. The van der Waals surface area contributed by atoms with E-state index < -0.39 is 11.6 Å².